The molecule has 0 atom stereocenters. The number of rotatable bonds is 5. The molecule has 0 fully saturated rings. The first-order valence-electron chi connectivity index (χ1n) is 7.55. The van der Waals surface area contributed by atoms with Crippen molar-refractivity contribution in [2.24, 2.45) is 0 Å². The zero-order valence-corrected chi connectivity index (χ0v) is 13.2. The van der Waals surface area contributed by atoms with E-state index in [0.29, 0.717) is 12.4 Å². The van der Waals surface area contributed by atoms with Crippen molar-refractivity contribution in [1.82, 2.24) is 20.5 Å². The van der Waals surface area contributed by atoms with Gasteiger partial charge < -0.3 is 10.6 Å². The van der Waals surface area contributed by atoms with E-state index in [-0.39, 0.29) is 11.6 Å². The Morgan fingerprint density at radius 1 is 1.04 bits per heavy atom. The number of aryl methyl sites for hydroxylation is 1. The molecule has 24 heavy (non-hydrogen) atoms. The first-order valence-corrected chi connectivity index (χ1v) is 7.55. The predicted octanol–water partition coefficient (Wildman–Crippen LogP) is 2.85. The molecule has 0 aliphatic heterocycles. The second-order valence-corrected chi connectivity index (χ2v) is 5.34. The normalized spacial score (nSPS) is 10.2. The van der Waals surface area contributed by atoms with Gasteiger partial charge in [-0.1, -0.05) is 12.1 Å². The van der Waals surface area contributed by atoms with Crippen molar-refractivity contribution < 1.29 is 4.79 Å². The molecule has 0 aliphatic carbocycles. The molecule has 3 rings (SSSR count). The number of nitrogens with zero attached hydrogens (tertiary/aromatic N) is 3. The number of carbonyl (C=O) groups excluding carboxylic acids is 1. The highest BCUT2D eigenvalue weighted by atomic mass is 16.1. The lowest BCUT2D eigenvalue weighted by Gasteiger charge is -2.07. The lowest BCUT2D eigenvalue weighted by molar-refractivity contribution is 0.0945. The first kappa shape index (κ1) is 15.6. The number of carbonyl (C=O) groups is 1. The molecule has 0 saturated carbocycles. The summed E-state index contributed by atoms with van der Waals surface area (Å²) in [5.41, 5.74) is 3.34. The Morgan fingerprint density at radius 2 is 1.88 bits per heavy atom. The summed E-state index contributed by atoms with van der Waals surface area (Å²) >= 11 is 0. The van der Waals surface area contributed by atoms with E-state index in [1.165, 1.54) is 0 Å². The van der Waals surface area contributed by atoms with Gasteiger partial charge in [-0.2, -0.15) is 0 Å². The predicted molar refractivity (Wildman–Crippen MR) is 91.9 cm³/mol. The minimum absolute atomic E-state index is 0.263. The number of aromatic nitrogens is 3. The van der Waals surface area contributed by atoms with Crippen LogP contribution in [0.15, 0.2) is 60.9 Å². The Balaban J connectivity index is 1.60. The topological polar surface area (TPSA) is 79.8 Å². The number of hydrogen-bond acceptors (Lipinski definition) is 5. The van der Waals surface area contributed by atoms with Crippen LogP contribution in [0.1, 0.15) is 21.6 Å². The van der Waals surface area contributed by atoms with E-state index < -0.39 is 0 Å². The van der Waals surface area contributed by atoms with E-state index in [1.807, 2.05) is 43.3 Å². The molecule has 6 heteroatoms. The fourth-order valence-corrected chi connectivity index (χ4v) is 2.16. The van der Waals surface area contributed by atoms with E-state index in [1.54, 1.807) is 24.5 Å². The van der Waals surface area contributed by atoms with Gasteiger partial charge >= 0.3 is 0 Å². The molecule has 120 valence electrons. The molecule has 0 aliphatic rings. The van der Waals surface area contributed by atoms with Gasteiger partial charge in [-0.25, -0.2) is 0 Å². The number of nitrogens with one attached hydrogen (secondary N) is 2. The fraction of sp³-hybridized carbons (Fsp3) is 0.111. The molecule has 3 aromatic rings. The van der Waals surface area contributed by atoms with Crippen LogP contribution in [0, 0.1) is 6.92 Å². The number of benzene rings is 1. The molecule has 1 aromatic carbocycles. The van der Waals surface area contributed by atoms with Gasteiger partial charge in [0.2, 0.25) is 0 Å². The molecular formula is C18H17N5O. The van der Waals surface area contributed by atoms with E-state index in [0.717, 1.165) is 16.8 Å². The van der Waals surface area contributed by atoms with Crippen LogP contribution in [-0.4, -0.2) is 21.1 Å². The molecular weight excluding hydrogens is 302 g/mol. The molecule has 1 amide bonds. The molecule has 0 saturated heterocycles. The van der Waals surface area contributed by atoms with Gasteiger partial charge in [-0.05, 0) is 54.4 Å². The van der Waals surface area contributed by atoms with Gasteiger partial charge in [-0.3, -0.25) is 9.78 Å². The Hall–Kier alpha value is -3.28. The van der Waals surface area contributed by atoms with Crippen LogP contribution in [0.25, 0.3) is 0 Å². The lowest BCUT2D eigenvalue weighted by Crippen LogP contribution is -2.24. The van der Waals surface area contributed by atoms with Gasteiger partial charge in [0.15, 0.2) is 11.5 Å². The monoisotopic (exact) mass is 319 g/mol. The van der Waals surface area contributed by atoms with Crippen molar-refractivity contribution in [3.63, 3.8) is 0 Å². The number of pyridine rings is 1. The zero-order chi connectivity index (χ0) is 16.8. The number of hydrogen-bond donors (Lipinski definition) is 2. The second kappa shape index (κ2) is 7.32. The highest BCUT2D eigenvalue weighted by Crippen LogP contribution is 2.15. The Bertz CT molecular complexity index is 818. The van der Waals surface area contributed by atoms with Crippen LogP contribution < -0.4 is 10.6 Å². The largest absolute Gasteiger partial charge is 0.347 e. The maximum atomic E-state index is 12.1. The second-order valence-electron chi connectivity index (χ2n) is 5.34. The Kier molecular flexibility index (Phi) is 4.76. The van der Waals surface area contributed by atoms with Crippen molar-refractivity contribution in [2.45, 2.75) is 13.5 Å². The van der Waals surface area contributed by atoms with Crippen LogP contribution >= 0.6 is 0 Å². The summed E-state index contributed by atoms with van der Waals surface area (Å²) in [6, 6.07) is 15.0. The maximum Gasteiger partial charge on any atom is 0.272 e. The van der Waals surface area contributed by atoms with Crippen LogP contribution in [0.4, 0.5) is 11.5 Å². The molecule has 2 aromatic heterocycles. The van der Waals surface area contributed by atoms with Gasteiger partial charge in [-0.15, -0.1) is 10.2 Å². The van der Waals surface area contributed by atoms with E-state index in [9.17, 15) is 4.79 Å². The standard InChI is InChI=1S/C18H17N5O/c1-13-3-2-4-15(11-13)21-17-6-5-16(22-23-17)18(24)20-12-14-7-9-19-10-8-14/h2-11H,12H2,1H3,(H,20,24)(H,21,23). The van der Waals surface area contributed by atoms with Crippen molar-refractivity contribution in [3.8, 4) is 0 Å². The first-order chi connectivity index (χ1) is 11.7. The smallest absolute Gasteiger partial charge is 0.272 e. The van der Waals surface area contributed by atoms with Gasteiger partial charge in [0, 0.05) is 24.6 Å². The molecule has 0 unspecified atom stereocenters. The Labute approximate surface area is 140 Å². The summed E-state index contributed by atoms with van der Waals surface area (Å²) < 4.78 is 0. The van der Waals surface area contributed by atoms with E-state index >= 15 is 0 Å². The van der Waals surface area contributed by atoms with Crippen LogP contribution in [0.5, 0.6) is 0 Å². The van der Waals surface area contributed by atoms with E-state index in [4.69, 9.17) is 0 Å². The van der Waals surface area contributed by atoms with Crippen molar-refractivity contribution >= 4 is 17.4 Å². The van der Waals surface area contributed by atoms with Gasteiger partial charge in [0.25, 0.3) is 5.91 Å². The zero-order valence-electron chi connectivity index (χ0n) is 13.2. The summed E-state index contributed by atoms with van der Waals surface area (Å²) in [6.45, 7) is 2.44. The third-order valence-corrected chi connectivity index (χ3v) is 3.39. The highest BCUT2D eigenvalue weighted by molar-refractivity contribution is 5.92. The number of anilines is 2. The number of amides is 1. The highest BCUT2D eigenvalue weighted by Gasteiger charge is 2.08. The van der Waals surface area contributed by atoms with Crippen molar-refractivity contribution in [2.75, 3.05) is 5.32 Å². The van der Waals surface area contributed by atoms with Gasteiger partial charge in [0.05, 0.1) is 0 Å². The maximum absolute atomic E-state index is 12.1. The molecule has 2 N–H and O–H groups in total. The molecule has 0 spiro atoms. The molecule has 0 bridgehead atoms. The minimum Gasteiger partial charge on any atom is -0.347 e. The lowest BCUT2D eigenvalue weighted by atomic mass is 10.2. The van der Waals surface area contributed by atoms with Crippen LogP contribution in [0.2, 0.25) is 0 Å². The average Bonchev–Trinajstić information content (AvgIpc) is 2.61. The summed E-state index contributed by atoms with van der Waals surface area (Å²) in [4.78, 5) is 16.0. The molecule has 2 heterocycles. The van der Waals surface area contributed by atoms with Crippen molar-refractivity contribution in [3.05, 3.63) is 77.7 Å². The molecule has 6 nitrogen and oxygen atoms in total. The fourth-order valence-electron chi connectivity index (χ4n) is 2.16. The third-order valence-electron chi connectivity index (χ3n) is 3.39. The summed E-state index contributed by atoms with van der Waals surface area (Å²) in [7, 11) is 0. The van der Waals surface area contributed by atoms with Crippen molar-refractivity contribution in [1.29, 1.82) is 0 Å². The average molecular weight is 319 g/mol. The summed E-state index contributed by atoms with van der Waals surface area (Å²) in [5, 5.41) is 14.0. The minimum atomic E-state index is -0.263. The van der Waals surface area contributed by atoms with Crippen LogP contribution in [-0.2, 0) is 6.54 Å². The van der Waals surface area contributed by atoms with E-state index in [2.05, 4.69) is 25.8 Å². The molecule has 0 radical (unpaired) electrons. The van der Waals surface area contributed by atoms with Crippen LogP contribution in [0.3, 0.4) is 0 Å². The SMILES string of the molecule is Cc1cccc(Nc2ccc(C(=O)NCc3ccncc3)nn2)c1. The quantitative estimate of drug-likeness (QED) is 0.756. The Morgan fingerprint density at radius 3 is 2.58 bits per heavy atom. The third kappa shape index (κ3) is 4.13. The summed E-state index contributed by atoms with van der Waals surface area (Å²) in [6.07, 6.45) is 3.38. The summed E-state index contributed by atoms with van der Waals surface area (Å²) in [5.74, 6) is 0.327. The van der Waals surface area contributed by atoms with Gasteiger partial charge in [0.1, 0.15) is 0 Å².